The Morgan fingerprint density at radius 1 is 0.909 bits per heavy atom. The van der Waals surface area contributed by atoms with E-state index in [9.17, 15) is 4.79 Å². The van der Waals surface area contributed by atoms with E-state index in [1.54, 1.807) is 0 Å². The topological polar surface area (TPSA) is 61.6 Å². The third-order valence-electron chi connectivity index (χ3n) is 6.56. The molecule has 1 aliphatic carbocycles. The van der Waals surface area contributed by atoms with E-state index in [0.29, 0.717) is 16.9 Å². The quantitative estimate of drug-likeness (QED) is 0.417. The van der Waals surface area contributed by atoms with Crippen molar-refractivity contribution >= 4 is 33.7 Å². The zero-order valence-corrected chi connectivity index (χ0v) is 18.8. The first-order chi connectivity index (χ1) is 16.1. The molecule has 6 rings (SSSR count). The largest absolute Gasteiger partial charge is 0.382 e. The number of anilines is 3. The van der Waals surface area contributed by atoms with Gasteiger partial charge in [0.15, 0.2) is 11.5 Å². The van der Waals surface area contributed by atoms with Crippen LogP contribution >= 0.6 is 0 Å². The molecule has 0 bridgehead atoms. The van der Waals surface area contributed by atoms with Crippen LogP contribution in [0.5, 0.6) is 0 Å². The van der Waals surface area contributed by atoms with Crippen LogP contribution in [-0.4, -0.2) is 43.2 Å². The molecule has 6 heteroatoms. The molecule has 4 aromatic rings. The Labute approximate surface area is 192 Å². The fraction of sp³-hybridized carbons (Fsp3) is 0.259. The lowest BCUT2D eigenvalue weighted by Gasteiger charge is -2.37. The number of fused-ring (bicyclic) bond motifs is 2. The van der Waals surface area contributed by atoms with Gasteiger partial charge in [0.25, 0.3) is 0 Å². The number of hydrogen-bond donors (Lipinski definition) is 1. The van der Waals surface area contributed by atoms with Crippen LogP contribution < -0.4 is 15.1 Å². The van der Waals surface area contributed by atoms with E-state index in [4.69, 9.17) is 4.52 Å². The van der Waals surface area contributed by atoms with Crippen LogP contribution in [0.4, 0.5) is 17.1 Å². The van der Waals surface area contributed by atoms with Gasteiger partial charge in [-0.2, -0.15) is 0 Å². The number of ketones is 1. The fourth-order valence-electron chi connectivity index (χ4n) is 5.05. The Kier molecular flexibility index (Phi) is 4.61. The Bertz CT molecular complexity index is 1350. The van der Waals surface area contributed by atoms with E-state index >= 15 is 0 Å². The van der Waals surface area contributed by atoms with Crippen molar-refractivity contribution in [1.82, 2.24) is 5.16 Å². The average Bonchev–Trinajstić information content (AvgIpc) is 3.28. The predicted octanol–water partition coefficient (Wildman–Crippen LogP) is 5.19. The van der Waals surface area contributed by atoms with E-state index in [2.05, 4.69) is 64.5 Å². The summed E-state index contributed by atoms with van der Waals surface area (Å²) in [4.78, 5) is 18.3. The monoisotopic (exact) mass is 438 g/mol. The molecule has 6 nitrogen and oxygen atoms in total. The summed E-state index contributed by atoms with van der Waals surface area (Å²) >= 11 is 0. The molecule has 2 aliphatic rings. The Morgan fingerprint density at radius 2 is 1.58 bits per heavy atom. The van der Waals surface area contributed by atoms with Crippen molar-refractivity contribution in [3.8, 4) is 11.3 Å². The lowest BCUT2D eigenvalue weighted by molar-refractivity contribution is 0.104. The van der Waals surface area contributed by atoms with Crippen molar-refractivity contribution in [2.24, 2.45) is 0 Å². The second kappa shape index (κ2) is 7.66. The summed E-state index contributed by atoms with van der Waals surface area (Å²) in [6.45, 7) is 7.77. The molecular formula is C27H26N4O2. The van der Waals surface area contributed by atoms with Gasteiger partial charge in [0.05, 0.1) is 16.6 Å². The maximum Gasteiger partial charge on any atom is 0.196 e. The number of rotatable bonds is 4. The van der Waals surface area contributed by atoms with Gasteiger partial charge < -0.3 is 19.6 Å². The van der Waals surface area contributed by atoms with Crippen molar-refractivity contribution in [3.63, 3.8) is 0 Å². The molecule has 0 atom stereocenters. The molecule has 33 heavy (non-hydrogen) atoms. The Balaban J connectivity index is 1.45. The van der Waals surface area contributed by atoms with Gasteiger partial charge in [-0.3, -0.25) is 4.79 Å². The van der Waals surface area contributed by atoms with Gasteiger partial charge in [-0.1, -0.05) is 47.6 Å². The molecule has 1 saturated heterocycles. The van der Waals surface area contributed by atoms with Crippen molar-refractivity contribution in [2.75, 3.05) is 41.3 Å². The lowest BCUT2D eigenvalue weighted by atomic mass is 9.86. The number of hydrogen-bond acceptors (Lipinski definition) is 6. The van der Waals surface area contributed by atoms with E-state index in [-0.39, 0.29) is 11.8 Å². The highest BCUT2D eigenvalue weighted by Gasteiger charge is 2.34. The number of benzene rings is 3. The minimum atomic E-state index is 0.0231. The Hall–Kier alpha value is -3.80. The summed E-state index contributed by atoms with van der Waals surface area (Å²) in [5.74, 6) is 0.710. The first-order valence-corrected chi connectivity index (χ1v) is 11.5. The van der Waals surface area contributed by atoms with E-state index in [0.717, 1.165) is 54.0 Å². The second-order valence-electron chi connectivity index (χ2n) is 9.04. The summed E-state index contributed by atoms with van der Waals surface area (Å²) in [6, 6.07) is 20.4. The van der Waals surface area contributed by atoms with E-state index in [1.807, 2.05) is 30.3 Å². The van der Waals surface area contributed by atoms with Crippen LogP contribution in [0.25, 0.3) is 22.2 Å². The maximum atomic E-state index is 13.6. The van der Waals surface area contributed by atoms with Gasteiger partial charge >= 0.3 is 0 Å². The van der Waals surface area contributed by atoms with Crippen LogP contribution in [0.15, 0.2) is 65.2 Å². The normalized spacial score (nSPS) is 15.3. The molecule has 1 N–H and O–H groups in total. The predicted molar refractivity (Wildman–Crippen MR) is 133 cm³/mol. The smallest absolute Gasteiger partial charge is 0.196 e. The highest BCUT2D eigenvalue weighted by Crippen LogP contribution is 2.46. The van der Waals surface area contributed by atoms with Crippen LogP contribution in [-0.2, 0) is 0 Å². The third kappa shape index (κ3) is 3.17. The van der Waals surface area contributed by atoms with Crippen molar-refractivity contribution in [1.29, 1.82) is 0 Å². The van der Waals surface area contributed by atoms with Gasteiger partial charge in [-0.15, -0.1) is 0 Å². The number of aromatic nitrogens is 1. The lowest BCUT2D eigenvalue weighted by Crippen LogP contribution is -2.46. The fourth-order valence-corrected chi connectivity index (χ4v) is 5.05. The SMILES string of the molecule is CC(C)Nc1cc(N2CCN(c3ccccc3)CC2)c2noc3c2c1C(=O)c1ccccc1-3. The number of para-hydroxylation sites is 1. The summed E-state index contributed by atoms with van der Waals surface area (Å²) in [6.07, 6.45) is 0. The van der Waals surface area contributed by atoms with Gasteiger partial charge in [-0.05, 0) is 32.0 Å². The zero-order chi connectivity index (χ0) is 22.5. The number of piperazine rings is 1. The molecule has 0 amide bonds. The second-order valence-corrected chi connectivity index (χ2v) is 9.04. The highest BCUT2D eigenvalue weighted by atomic mass is 16.5. The molecule has 0 saturated carbocycles. The third-order valence-corrected chi connectivity index (χ3v) is 6.56. The highest BCUT2D eigenvalue weighted by molar-refractivity contribution is 6.28. The molecule has 3 aromatic carbocycles. The number of nitrogens with one attached hydrogen (secondary N) is 1. The summed E-state index contributed by atoms with van der Waals surface area (Å²) in [5, 5.41) is 8.83. The first-order valence-electron chi connectivity index (χ1n) is 11.5. The summed E-state index contributed by atoms with van der Waals surface area (Å²) in [5.41, 5.74) is 6.04. The molecule has 0 spiro atoms. The molecule has 2 heterocycles. The molecule has 166 valence electrons. The van der Waals surface area contributed by atoms with Crippen molar-refractivity contribution in [2.45, 2.75) is 19.9 Å². The van der Waals surface area contributed by atoms with Crippen LogP contribution in [0.3, 0.4) is 0 Å². The zero-order valence-electron chi connectivity index (χ0n) is 18.8. The van der Waals surface area contributed by atoms with Crippen molar-refractivity contribution < 1.29 is 9.32 Å². The van der Waals surface area contributed by atoms with Crippen molar-refractivity contribution in [3.05, 3.63) is 71.8 Å². The van der Waals surface area contributed by atoms with E-state index < -0.39 is 0 Å². The maximum absolute atomic E-state index is 13.6. The van der Waals surface area contributed by atoms with Crippen LogP contribution in [0.2, 0.25) is 0 Å². The minimum absolute atomic E-state index is 0.0231. The van der Waals surface area contributed by atoms with E-state index in [1.165, 1.54) is 5.69 Å². The minimum Gasteiger partial charge on any atom is -0.382 e. The average molecular weight is 439 g/mol. The van der Waals surface area contributed by atoms with Crippen LogP contribution in [0.1, 0.15) is 29.8 Å². The first kappa shape index (κ1) is 19.9. The number of carbonyl (C=O) groups excluding carboxylic acids is 1. The molecule has 1 fully saturated rings. The molecule has 1 aromatic heterocycles. The molecule has 0 unspecified atom stereocenters. The number of nitrogens with zero attached hydrogens (tertiary/aromatic N) is 3. The number of carbonyl (C=O) groups is 1. The van der Waals surface area contributed by atoms with Gasteiger partial charge in [0, 0.05) is 54.7 Å². The summed E-state index contributed by atoms with van der Waals surface area (Å²) in [7, 11) is 0. The molecule has 1 aliphatic heterocycles. The van der Waals surface area contributed by atoms with Gasteiger partial charge in [-0.25, -0.2) is 0 Å². The Morgan fingerprint density at radius 3 is 2.30 bits per heavy atom. The van der Waals surface area contributed by atoms with Gasteiger partial charge in [0.2, 0.25) is 0 Å². The van der Waals surface area contributed by atoms with Crippen LogP contribution in [0, 0.1) is 0 Å². The van der Waals surface area contributed by atoms with Gasteiger partial charge in [0.1, 0.15) is 5.52 Å². The molecular weight excluding hydrogens is 412 g/mol. The summed E-state index contributed by atoms with van der Waals surface area (Å²) < 4.78 is 5.89. The standard InChI is InChI=1S/C27H26N4O2/c1-17(2)28-21-16-22(31-14-12-30(13-15-31)18-8-4-3-5-9-18)25-24-23(21)26(32)19-10-6-7-11-20(19)27(24)33-29-25/h3-11,16-17,28H,12-15H2,1-2H3. The molecule has 0 radical (unpaired) electrons.